The highest BCUT2D eigenvalue weighted by molar-refractivity contribution is 7.99. The van der Waals surface area contributed by atoms with Crippen LogP contribution in [0.1, 0.15) is 21.7 Å². The zero-order chi connectivity index (χ0) is 12.4. The number of rotatable bonds is 3. The Balaban J connectivity index is 2.22. The van der Waals surface area contributed by atoms with Crippen LogP contribution in [0.2, 0.25) is 0 Å². The molecule has 17 heavy (non-hydrogen) atoms. The first-order valence-electron chi connectivity index (χ1n) is 5.14. The lowest BCUT2D eigenvalue weighted by molar-refractivity contribution is 0.0656. The fourth-order valence-corrected chi connectivity index (χ4v) is 2.35. The van der Waals surface area contributed by atoms with E-state index >= 15 is 0 Å². The van der Waals surface area contributed by atoms with E-state index < -0.39 is 5.97 Å². The Morgan fingerprint density at radius 1 is 1.24 bits per heavy atom. The number of hydrogen-bond donors (Lipinski definition) is 1. The molecule has 0 radical (unpaired) electrons. The molecule has 0 amide bonds. The molecule has 0 fully saturated rings. The second-order valence-electron chi connectivity index (χ2n) is 3.79. The van der Waals surface area contributed by atoms with Crippen LogP contribution in [0.5, 0.6) is 0 Å². The predicted molar refractivity (Wildman–Crippen MR) is 65.7 cm³/mol. The van der Waals surface area contributed by atoms with Crippen molar-refractivity contribution in [2.45, 2.75) is 23.8 Å². The molecule has 0 saturated carbocycles. The standard InChI is InChI=1S/C13H12O3S/c1-8-3-5-11(9(2)7-8)17-12-6-4-10(16-12)13(14)15/h3-7H,1-2H3,(H,14,15). The summed E-state index contributed by atoms with van der Waals surface area (Å²) in [6, 6.07) is 9.26. The molecule has 0 unspecified atom stereocenters. The molecule has 1 N–H and O–H groups in total. The van der Waals surface area contributed by atoms with Crippen molar-refractivity contribution in [3.63, 3.8) is 0 Å². The number of hydrogen-bond acceptors (Lipinski definition) is 3. The van der Waals surface area contributed by atoms with E-state index in [2.05, 4.69) is 6.07 Å². The first-order chi connectivity index (χ1) is 8.06. The van der Waals surface area contributed by atoms with Gasteiger partial charge in [-0.2, -0.15) is 0 Å². The van der Waals surface area contributed by atoms with E-state index in [1.54, 1.807) is 6.07 Å². The Labute approximate surface area is 103 Å². The molecule has 1 aromatic heterocycles. The molecule has 0 aliphatic rings. The average molecular weight is 248 g/mol. The van der Waals surface area contributed by atoms with Gasteiger partial charge in [-0.3, -0.25) is 0 Å². The normalized spacial score (nSPS) is 10.5. The molecule has 0 spiro atoms. The summed E-state index contributed by atoms with van der Waals surface area (Å²) in [4.78, 5) is 11.7. The lowest BCUT2D eigenvalue weighted by Gasteiger charge is -2.03. The fraction of sp³-hybridized carbons (Fsp3) is 0.154. The third kappa shape index (κ3) is 2.71. The minimum Gasteiger partial charge on any atom is -0.475 e. The Morgan fingerprint density at radius 2 is 2.00 bits per heavy atom. The molecule has 3 nitrogen and oxygen atoms in total. The zero-order valence-electron chi connectivity index (χ0n) is 9.56. The smallest absolute Gasteiger partial charge is 0.371 e. The Kier molecular flexibility index (Phi) is 3.24. The van der Waals surface area contributed by atoms with Crippen LogP contribution in [0.3, 0.4) is 0 Å². The van der Waals surface area contributed by atoms with Gasteiger partial charge in [0.05, 0.1) is 0 Å². The second-order valence-corrected chi connectivity index (χ2v) is 4.84. The maximum Gasteiger partial charge on any atom is 0.371 e. The molecule has 1 heterocycles. The van der Waals surface area contributed by atoms with Gasteiger partial charge in [-0.05, 0) is 37.6 Å². The number of benzene rings is 1. The van der Waals surface area contributed by atoms with Crippen LogP contribution in [-0.4, -0.2) is 11.1 Å². The molecule has 0 aliphatic heterocycles. The zero-order valence-corrected chi connectivity index (χ0v) is 10.4. The summed E-state index contributed by atoms with van der Waals surface area (Å²) >= 11 is 1.43. The minimum atomic E-state index is -1.04. The Bertz CT molecular complexity index is 558. The molecule has 0 saturated heterocycles. The first-order valence-corrected chi connectivity index (χ1v) is 5.96. The molecular formula is C13H12O3S. The van der Waals surface area contributed by atoms with E-state index in [4.69, 9.17) is 9.52 Å². The van der Waals surface area contributed by atoms with Crippen molar-refractivity contribution < 1.29 is 14.3 Å². The van der Waals surface area contributed by atoms with Crippen molar-refractivity contribution >= 4 is 17.7 Å². The summed E-state index contributed by atoms with van der Waals surface area (Å²) in [5.74, 6) is -1.07. The summed E-state index contributed by atoms with van der Waals surface area (Å²) in [6.07, 6.45) is 0. The van der Waals surface area contributed by atoms with Gasteiger partial charge in [-0.1, -0.05) is 29.5 Å². The van der Waals surface area contributed by atoms with Gasteiger partial charge in [0.1, 0.15) is 0 Å². The van der Waals surface area contributed by atoms with Crippen LogP contribution < -0.4 is 0 Å². The maximum atomic E-state index is 10.7. The quantitative estimate of drug-likeness (QED) is 0.898. The lowest BCUT2D eigenvalue weighted by atomic mass is 10.2. The van der Waals surface area contributed by atoms with E-state index in [-0.39, 0.29) is 5.76 Å². The minimum absolute atomic E-state index is 0.0303. The van der Waals surface area contributed by atoms with E-state index in [9.17, 15) is 4.79 Å². The highest BCUT2D eigenvalue weighted by atomic mass is 32.2. The van der Waals surface area contributed by atoms with Gasteiger partial charge in [0.25, 0.3) is 0 Å². The third-order valence-electron chi connectivity index (χ3n) is 2.33. The molecule has 1 aromatic carbocycles. The number of furan rings is 1. The van der Waals surface area contributed by atoms with Crippen LogP contribution in [-0.2, 0) is 0 Å². The van der Waals surface area contributed by atoms with E-state index in [1.807, 2.05) is 26.0 Å². The number of aryl methyl sites for hydroxylation is 2. The summed E-state index contributed by atoms with van der Waals surface area (Å²) in [5.41, 5.74) is 2.36. The second kappa shape index (κ2) is 4.67. The van der Waals surface area contributed by atoms with Gasteiger partial charge >= 0.3 is 5.97 Å². The fourth-order valence-electron chi connectivity index (χ4n) is 1.51. The topological polar surface area (TPSA) is 50.4 Å². The van der Waals surface area contributed by atoms with Gasteiger partial charge in [0, 0.05) is 4.90 Å². The Morgan fingerprint density at radius 3 is 2.59 bits per heavy atom. The summed E-state index contributed by atoms with van der Waals surface area (Å²) in [5, 5.41) is 9.34. The van der Waals surface area contributed by atoms with E-state index in [0.717, 1.165) is 10.5 Å². The van der Waals surface area contributed by atoms with Crippen LogP contribution in [0, 0.1) is 13.8 Å². The third-order valence-corrected chi connectivity index (χ3v) is 3.43. The summed E-state index contributed by atoms with van der Waals surface area (Å²) in [7, 11) is 0. The number of carbonyl (C=O) groups is 1. The molecule has 2 rings (SSSR count). The van der Waals surface area contributed by atoms with Crippen molar-refractivity contribution in [2.75, 3.05) is 0 Å². The average Bonchev–Trinajstić information content (AvgIpc) is 2.71. The monoisotopic (exact) mass is 248 g/mol. The largest absolute Gasteiger partial charge is 0.475 e. The Hall–Kier alpha value is -1.68. The molecule has 88 valence electrons. The van der Waals surface area contributed by atoms with Crippen molar-refractivity contribution in [2.24, 2.45) is 0 Å². The van der Waals surface area contributed by atoms with Crippen molar-refractivity contribution in [3.8, 4) is 0 Å². The molecular weight excluding hydrogens is 236 g/mol. The van der Waals surface area contributed by atoms with E-state index in [0.29, 0.717) is 5.09 Å². The first kappa shape index (κ1) is 11.8. The van der Waals surface area contributed by atoms with Crippen molar-refractivity contribution in [3.05, 3.63) is 47.2 Å². The van der Waals surface area contributed by atoms with E-state index in [1.165, 1.54) is 23.4 Å². The molecule has 2 aromatic rings. The van der Waals surface area contributed by atoms with Crippen LogP contribution in [0.4, 0.5) is 0 Å². The van der Waals surface area contributed by atoms with Gasteiger partial charge < -0.3 is 9.52 Å². The van der Waals surface area contributed by atoms with Gasteiger partial charge in [0.2, 0.25) is 5.76 Å². The molecule has 0 aliphatic carbocycles. The molecule has 0 atom stereocenters. The highest BCUT2D eigenvalue weighted by Crippen LogP contribution is 2.31. The van der Waals surface area contributed by atoms with Crippen molar-refractivity contribution in [1.29, 1.82) is 0 Å². The molecule has 4 heteroatoms. The van der Waals surface area contributed by atoms with Gasteiger partial charge in [-0.25, -0.2) is 4.79 Å². The number of aromatic carboxylic acids is 1. The van der Waals surface area contributed by atoms with Gasteiger partial charge in [0.15, 0.2) is 5.09 Å². The summed E-state index contributed by atoms with van der Waals surface area (Å²) in [6.45, 7) is 4.06. The predicted octanol–water partition coefficient (Wildman–Crippen LogP) is 3.75. The van der Waals surface area contributed by atoms with Crippen molar-refractivity contribution in [1.82, 2.24) is 0 Å². The lowest BCUT2D eigenvalue weighted by Crippen LogP contribution is -1.91. The van der Waals surface area contributed by atoms with Crippen LogP contribution in [0.25, 0.3) is 0 Å². The highest BCUT2D eigenvalue weighted by Gasteiger charge is 2.10. The number of carboxylic acids is 1. The van der Waals surface area contributed by atoms with Crippen LogP contribution in [0.15, 0.2) is 44.7 Å². The van der Waals surface area contributed by atoms with Crippen LogP contribution >= 0.6 is 11.8 Å². The molecule has 0 bridgehead atoms. The van der Waals surface area contributed by atoms with Gasteiger partial charge in [-0.15, -0.1) is 0 Å². The maximum absolute atomic E-state index is 10.7. The number of carboxylic acid groups (broad SMARTS) is 1. The summed E-state index contributed by atoms with van der Waals surface area (Å²) < 4.78 is 5.20. The SMILES string of the molecule is Cc1ccc(Sc2ccc(C(=O)O)o2)c(C)c1.